The smallest absolute Gasteiger partial charge is 0.410 e. The van der Waals surface area contributed by atoms with E-state index in [0.717, 1.165) is 12.1 Å². The molecule has 1 aliphatic heterocycles. The number of likely N-dealkylation sites (tertiary alicyclic amines) is 1. The molecule has 1 amide bonds. The summed E-state index contributed by atoms with van der Waals surface area (Å²) in [6, 6.07) is 9.61. The lowest BCUT2D eigenvalue weighted by atomic mass is 9.82. The summed E-state index contributed by atoms with van der Waals surface area (Å²) in [5.74, 6) is 2.01. The van der Waals surface area contributed by atoms with E-state index in [1.807, 2.05) is 30.3 Å². The second kappa shape index (κ2) is 5.43. The Bertz CT molecular complexity index is 585. The standard InChI is InChI=1S/C18H21NO3/c20-10-16-17-14-7-6-13(8-14)15(17)9-19(16)18(21)22-11-12-4-2-1-3-5-12/h1-7,13-17,20H,8-11H2/t13-,14+,15-,16-,17+/m1/s1. The van der Waals surface area contributed by atoms with Gasteiger partial charge in [-0.25, -0.2) is 4.79 Å². The average molecular weight is 299 g/mol. The number of fused-ring (bicyclic) bond motifs is 5. The van der Waals surface area contributed by atoms with Crippen LogP contribution in [-0.4, -0.2) is 35.3 Å². The quantitative estimate of drug-likeness (QED) is 0.872. The molecule has 1 heterocycles. The first-order valence-corrected chi connectivity index (χ1v) is 8.04. The van der Waals surface area contributed by atoms with E-state index >= 15 is 0 Å². The molecule has 1 N–H and O–H groups in total. The molecular weight excluding hydrogens is 278 g/mol. The van der Waals surface area contributed by atoms with Crippen LogP contribution in [0.5, 0.6) is 0 Å². The summed E-state index contributed by atoms with van der Waals surface area (Å²) in [6.45, 7) is 1.03. The van der Waals surface area contributed by atoms with Gasteiger partial charge in [-0.3, -0.25) is 0 Å². The van der Waals surface area contributed by atoms with Crippen LogP contribution in [0.4, 0.5) is 4.79 Å². The van der Waals surface area contributed by atoms with Crippen LogP contribution < -0.4 is 0 Å². The summed E-state index contributed by atoms with van der Waals surface area (Å²) in [7, 11) is 0. The zero-order chi connectivity index (χ0) is 15.1. The predicted octanol–water partition coefficient (Wildman–Crippen LogP) is 2.44. The third-order valence-corrected chi connectivity index (χ3v) is 5.57. The number of benzene rings is 1. The second-order valence-electron chi connectivity index (χ2n) is 6.63. The maximum atomic E-state index is 12.4. The monoisotopic (exact) mass is 299 g/mol. The second-order valence-corrected chi connectivity index (χ2v) is 6.63. The third kappa shape index (κ3) is 2.13. The fraction of sp³-hybridized carbons (Fsp3) is 0.500. The van der Waals surface area contributed by atoms with Gasteiger partial charge in [-0.2, -0.15) is 0 Å². The minimum Gasteiger partial charge on any atom is -0.445 e. The van der Waals surface area contributed by atoms with Gasteiger partial charge >= 0.3 is 6.09 Å². The van der Waals surface area contributed by atoms with Crippen LogP contribution in [0.3, 0.4) is 0 Å². The van der Waals surface area contributed by atoms with Crippen molar-refractivity contribution in [2.24, 2.45) is 23.7 Å². The largest absolute Gasteiger partial charge is 0.445 e. The zero-order valence-electron chi connectivity index (χ0n) is 12.5. The topological polar surface area (TPSA) is 49.8 Å². The van der Waals surface area contributed by atoms with Crippen LogP contribution in [-0.2, 0) is 11.3 Å². The molecule has 2 fully saturated rings. The van der Waals surface area contributed by atoms with Crippen LogP contribution in [0.15, 0.2) is 42.5 Å². The van der Waals surface area contributed by atoms with Gasteiger partial charge in [-0.15, -0.1) is 0 Å². The van der Waals surface area contributed by atoms with Gasteiger partial charge in [0.2, 0.25) is 0 Å². The highest BCUT2D eigenvalue weighted by atomic mass is 16.6. The first-order valence-electron chi connectivity index (χ1n) is 8.04. The van der Waals surface area contributed by atoms with Crippen molar-refractivity contribution in [3.05, 3.63) is 48.0 Å². The van der Waals surface area contributed by atoms with Crippen molar-refractivity contribution in [3.63, 3.8) is 0 Å². The molecule has 2 bridgehead atoms. The van der Waals surface area contributed by atoms with Crippen LogP contribution in [0.25, 0.3) is 0 Å². The summed E-state index contributed by atoms with van der Waals surface area (Å²) in [6.07, 6.45) is 5.46. The average Bonchev–Trinajstić information content (AvgIpc) is 3.24. The Morgan fingerprint density at radius 3 is 2.77 bits per heavy atom. The van der Waals surface area contributed by atoms with Crippen molar-refractivity contribution in [1.29, 1.82) is 0 Å². The van der Waals surface area contributed by atoms with Gasteiger partial charge in [0.1, 0.15) is 6.61 Å². The summed E-state index contributed by atoms with van der Waals surface area (Å²) in [4.78, 5) is 14.2. The van der Waals surface area contributed by atoms with Gasteiger partial charge in [0.05, 0.1) is 12.6 Å². The van der Waals surface area contributed by atoms with E-state index in [-0.39, 0.29) is 25.3 Å². The van der Waals surface area contributed by atoms with Gasteiger partial charge < -0.3 is 14.7 Å². The van der Waals surface area contributed by atoms with Gasteiger partial charge in [0, 0.05) is 6.54 Å². The van der Waals surface area contributed by atoms with Gasteiger partial charge in [-0.1, -0.05) is 42.5 Å². The molecule has 0 spiro atoms. The molecule has 5 atom stereocenters. The highest BCUT2D eigenvalue weighted by Crippen LogP contribution is 2.53. The molecule has 0 aromatic heterocycles. The molecule has 1 aromatic carbocycles. The molecule has 1 saturated heterocycles. The first kappa shape index (κ1) is 13.8. The van der Waals surface area contributed by atoms with E-state index in [1.54, 1.807) is 4.90 Å². The summed E-state index contributed by atoms with van der Waals surface area (Å²) in [5.41, 5.74) is 0.984. The zero-order valence-corrected chi connectivity index (χ0v) is 12.5. The number of nitrogens with zero attached hydrogens (tertiary/aromatic N) is 1. The Balaban J connectivity index is 1.43. The Kier molecular flexibility index (Phi) is 3.41. The molecule has 3 aliphatic rings. The van der Waals surface area contributed by atoms with E-state index in [2.05, 4.69) is 12.2 Å². The molecule has 2 aliphatic carbocycles. The molecule has 1 saturated carbocycles. The SMILES string of the molecule is O=C(OCc1ccccc1)N1C[C@H]2[C@@H]([C@H]1CO)[C@H]1C=C[C@@H]2C1. The minimum atomic E-state index is -0.295. The maximum absolute atomic E-state index is 12.4. The number of carbonyl (C=O) groups excluding carboxylic acids is 1. The van der Waals surface area contributed by atoms with E-state index in [9.17, 15) is 9.90 Å². The predicted molar refractivity (Wildman–Crippen MR) is 81.9 cm³/mol. The fourth-order valence-corrected chi connectivity index (χ4v) is 4.59. The van der Waals surface area contributed by atoms with E-state index in [1.165, 1.54) is 6.42 Å². The number of aliphatic hydroxyl groups is 1. The van der Waals surface area contributed by atoms with E-state index in [0.29, 0.717) is 23.7 Å². The van der Waals surface area contributed by atoms with Gasteiger partial charge in [0.25, 0.3) is 0 Å². The number of hydrogen-bond donors (Lipinski definition) is 1. The summed E-state index contributed by atoms with van der Waals surface area (Å²) in [5, 5.41) is 9.77. The lowest BCUT2D eigenvalue weighted by Gasteiger charge is -2.27. The van der Waals surface area contributed by atoms with Gasteiger partial charge in [0.15, 0.2) is 0 Å². The maximum Gasteiger partial charge on any atom is 0.410 e. The minimum absolute atomic E-state index is 0.0265. The Morgan fingerprint density at radius 2 is 2.00 bits per heavy atom. The highest BCUT2D eigenvalue weighted by molar-refractivity contribution is 5.69. The van der Waals surface area contributed by atoms with Crippen molar-refractivity contribution >= 4 is 6.09 Å². The number of ether oxygens (including phenoxy) is 1. The number of aliphatic hydroxyl groups excluding tert-OH is 1. The normalized spacial score (nSPS) is 35.0. The van der Waals surface area contributed by atoms with Crippen LogP contribution >= 0.6 is 0 Å². The fourth-order valence-electron chi connectivity index (χ4n) is 4.59. The number of amides is 1. The number of allylic oxidation sites excluding steroid dienone is 2. The van der Waals surface area contributed by atoms with Crippen LogP contribution in [0.1, 0.15) is 12.0 Å². The van der Waals surface area contributed by atoms with Crippen molar-refractivity contribution in [2.75, 3.05) is 13.2 Å². The molecule has 0 unspecified atom stereocenters. The molecule has 22 heavy (non-hydrogen) atoms. The van der Waals surface area contributed by atoms with Crippen molar-refractivity contribution in [2.45, 2.75) is 19.1 Å². The van der Waals surface area contributed by atoms with Gasteiger partial charge in [-0.05, 0) is 35.7 Å². The Labute approximate surface area is 130 Å². The Hall–Kier alpha value is -1.81. The van der Waals surface area contributed by atoms with Crippen molar-refractivity contribution in [1.82, 2.24) is 4.90 Å². The summed E-state index contributed by atoms with van der Waals surface area (Å²) >= 11 is 0. The molecule has 4 heteroatoms. The molecule has 4 nitrogen and oxygen atoms in total. The third-order valence-electron chi connectivity index (χ3n) is 5.57. The van der Waals surface area contributed by atoms with Crippen molar-refractivity contribution in [3.8, 4) is 0 Å². The molecule has 1 aromatic rings. The molecule has 116 valence electrons. The number of hydrogen-bond acceptors (Lipinski definition) is 3. The van der Waals surface area contributed by atoms with E-state index < -0.39 is 0 Å². The molecule has 0 radical (unpaired) electrons. The van der Waals surface area contributed by atoms with Crippen molar-refractivity contribution < 1.29 is 14.6 Å². The first-order chi connectivity index (χ1) is 10.8. The highest BCUT2D eigenvalue weighted by Gasteiger charge is 2.55. The Morgan fingerprint density at radius 1 is 1.23 bits per heavy atom. The number of rotatable bonds is 3. The van der Waals surface area contributed by atoms with E-state index in [4.69, 9.17) is 4.74 Å². The number of carbonyl (C=O) groups is 1. The van der Waals surface area contributed by atoms with Crippen LogP contribution in [0, 0.1) is 23.7 Å². The molecular formula is C18H21NO3. The molecule has 4 rings (SSSR count). The van der Waals surface area contributed by atoms with Crippen LogP contribution in [0.2, 0.25) is 0 Å². The summed E-state index contributed by atoms with van der Waals surface area (Å²) < 4.78 is 5.46. The lowest BCUT2D eigenvalue weighted by molar-refractivity contribution is 0.0691. The lowest BCUT2D eigenvalue weighted by Crippen LogP contribution is -2.41.